The summed E-state index contributed by atoms with van der Waals surface area (Å²) >= 11 is 3.44. The van der Waals surface area contributed by atoms with Gasteiger partial charge in [0.15, 0.2) is 0 Å². The van der Waals surface area contributed by atoms with Crippen LogP contribution in [-0.4, -0.2) is 63.7 Å². The predicted molar refractivity (Wildman–Crippen MR) is 125 cm³/mol. The molecule has 1 aromatic heterocycles. The summed E-state index contributed by atoms with van der Waals surface area (Å²) in [5, 5.41) is 9.93. The Kier molecular flexibility index (Phi) is 6.09. The van der Waals surface area contributed by atoms with Crippen molar-refractivity contribution in [3.8, 4) is 0 Å². The number of aliphatic carboxylic acids is 1. The number of rotatable bonds is 2. The van der Waals surface area contributed by atoms with Gasteiger partial charge >= 0.3 is 12.1 Å². The lowest BCUT2D eigenvalue weighted by molar-refractivity contribution is -0.130. The maximum atomic E-state index is 12.5. The van der Waals surface area contributed by atoms with Gasteiger partial charge in [-0.2, -0.15) is 0 Å². The van der Waals surface area contributed by atoms with Gasteiger partial charge in [0, 0.05) is 42.4 Å². The molecule has 0 spiro atoms. The first kappa shape index (κ1) is 22.5. The van der Waals surface area contributed by atoms with Gasteiger partial charge in [0.2, 0.25) is 0 Å². The molecule has 1 N–H and O–H groups in total. The zero-order valence-electron chi connectivity index (χ0n) is 18.3. The fourth-order valence-corrected chi connectivity index (χ4v) is 4.52. The van der Waals surface area contributed by atoms with Crippen LogP contribution in [-0.2, 0) is 9.53 Å². The van der Waals surface area contributed by atoms with Gasteiger partial charge in [0.1, 0.15) is 5.60 Å². The van der Waals surface area contributed by atoms with Gasteiger partial charge in [-0.1, -0.05) is 24.3 Å². The van der Waals surface area contributed by atoms with Crippen molar-refractivity contribution in [3.63, 3.8) is 0 Å². The highest BCUT2D eigenvalue weighted by atomic mass is 79.9. The van der Waals surface area contributed by atoms with Crippen molar-refractivity contribution in [2.24, 2.45) is 0 Å². The first-order valence-electron chi connectivity index (χ1n) is 10.6. The maximum Gasteiger partial charge on any atom is 0.410 e. The van der Waals surface area contributed by atoms with E-state index in [1.807, 2.05) is 51.1 Å². The number of hydrogen-bond acceptors (Lipinski definition) is 5. The Labute approximate surface area is 195 Å². The monoisotopic (exact) mass is 499 g/mol. The number of carbonyl (C=O) groups is 2. The molecule has 1 saturated heterocycles. The van der Waals surface area contributed by atoms with Crippen molar-refractivity contribution >= 4 is 39.6 Å². The van der Waals surface area contributed by atoms with Crippen LogP contribution in [0.25, 0.3) is 11.6 Å². The van der Waals surface area contributed by atoms with Gasteiger partial charge < -0.3 is 14.7 Å². The Morgan fingerprint density at radius 3 is 2.50 bits per heavy atom. The topological polar surface area (TPSA) is 83.0 Å². The second-order valence-corrected chi connectivity index (χ2v) is 9.90. The van der Waals surface area contributed by atoms with Gasteiger partial charge in [-0.15, -0.1) is 0 Å². The fourth-order valence-electron chi connectivity index (χ4n) is 4.19. The minimum atomic E-state index is -0.989. The van der Waals surface area contributed by atoms with Crippen LogP contribution in [0.4, 0.5) is 4.79 Å². The molecule has 8 heteroatoms. The highest BCUT2D eigenvalue weighted by molar-refractivity contribution is 9.10. The lowest BCUT2D eigenvalue weighted by Crippen LogP contribution is -2.51. The number of piperazine rings is 1. The van der Waals surface area contributed by atoms with Crippen LogP contribution in [0.15, 0.2) is 41.0 Å². The molecule has 2 heterocycles. The largest absolute Gasteiger partial charge is 0.478 e. The number of fused-ring (bicyclic) bond motifs is 2. The van der Waals surface area contributed by atoms with Crippen molar-refractivity contribution < 1.29 is 19.4 Å². The molecule has 2 aliphatic rings. The fraction of sp³-hybridized carbons (Fsp3) is 0.375. The predicted octanol–water partition coefficient (Wildman–Crippen LogP) is 4.42. The van der Waals surface area contributed by atoms with Crippen LogP contribution in [0, 0.1) is 0 Å². The van der Waals surface area contributed by atoms with Gasteiger partial charge in [0.05, 0.1) is 17.3 Å². The quantitative estimate of drug-likeness (QED) is 0.658. The van der Waals surface area contributed by atoms with E-state index in [0.29, 0.717) is 37.4 Å². The minimum Gasteiger partial charge on any atom is -0.478 e. The molecule has 1 atom stereocenters. The van der Waals surface area contributed by atoms with Gasteiger partial charge in [0.25, 0.3) is 0 Å². The Hall–Kier alpha value is -2.71. The molecule has 0 saturated carbocycles. The number of carboxylic acid groups (broad SMARTS) is 1. The Morgan fingerprint density at radius 1 is 1.16 bits per heavy atom. The Balaban J connectivity index is 1.69. The number of nitrogens with zero attached hydrogens (tertiary/aromatic N) is 3. The van der Waals surface area contributed by atoms with Crippen LogP contribution in [0.1, 0.15) is 49.2 Å². The molecule has 0 bridgehead atoms. The van der Waals surface area contributed by atoms with E-state index in [0.717, 1.165) is 15.6 Å². The smallest absolute Gasteiger partial charge is 0.410 e. The average molecular weight is 500 g/mol. The molecule has 1 aliphatic heterocycles. The lowest BCUT2D eigenvalue weighted by atomic mass is 9.95. The molecule has 0 radical (unpaired) electrons. The number of carbonyl (C=O) groups excluding carboxylic acids is 1. The number of halogens is 1. The molecule has 1 fully saturated rings. The van der Waals surface area contributed by atoms with Crippen molar-refractivity contribution in [1.82, 2.24) is 14.8 Å². The normalized spacial score (nSPS) is 18.8. The van der Waals surface area contributed by atoms with Crippen LogP contribution in [0.2, 0.25) is 0 Å². The molecule has 1 aromatic carbocycles. The van der Waals surface area contributed by atoms with Crippen LogP contribution < -0.4 is 0 Å². The Morgan fingerprint density at radius 2 is 1.84 bits per heavy atom. The molecule has 1 aliphatic carbocycles. The number of aromatic nitrogens is 1. The SMILES string of the molecule is CC(C)(C)OC(=O)N1CCN(C2c3ccccc3C=C(C(=O)O)c3cc(Br)cnc32)CC1. The van der Waals surface area contributed by atoms with Gasteiger partial charge in [-0.25, -0.2) is 9.59 Å². The first-order chi connectivity index (χ1) is 15.1. The summed E-state index contributed by atoms with van der Waals surface area (Å²) < 4.78 is 6.25. The molecule has 168 valence electrons. The van der Waals surface area contributed by atoms with Crippen LogP contribution in [0.5, 0.6) is 0 Å². The molecule has 4 rings (SSSR count). The number of benzene rings is 1. The Bertz CT molecular complexity index is 1080. The molecule has 2 aromatic rings. The minimum absolute atomic E-state index is 0.219. The number of carboxylic acids is 1. The second kappa shape index (κ2) is 8.67. The van der Waals surface area contributed by atoms with E-state index in [4.69, 9.17) is 4.74 Å². The summed E-state index contributed by atoms with van der Waals surface area (Å²) in [4.78, 5) is 33.3. The molecular weight excluding hydrogens is 474 g/mol. The summed E-state index contributed by atoms with van der Waals surface area (Å²) in [5.41, 5.74) is 2.85. The van der Waals surface area contributed by atoms with E-state index in [-0.39, 0.29) is 17.7 Å². The number of ether oxygens (including phenoxy) is 1. The van der Waals surface area contributed by atoms with Crippen molar-refractivity contribution in [1.29, 1.82) is 0 Å². The summed E-state index contributed by atoms with van der Waals surface area (Å²) in [6.07, 6.45) is 3.12. The highest BCUT2D eigenvalue weighted by Crippen LogP contribution is 2.40. The van der Waals surface area contributed by atoms with E-state index < -0.39 is 11.6 Å². The summed E-state index contributed by atoms with van der Waals surface area (Å²) in [6, 6.07) is 9.42. The van der Waals surface area contributed by atoms with E-state index in [1.165, 1.54) is 0 Å². The highest BCUT2D eigenvalue weighted by Gasteiger charge is 2.35. The summed E-state index contributed by atoms with van der Waals surface area (Å²) in [5.74, 6) is -0.989. The molecule has 7 nitrogen and oxygen atoms in total. The molecule has 1 amide bonds. The molecule has 32 heavy (non-hydrogen) atoms. The van der Waals surface area contributed by atoms with Crippen LogP contribution in [0.3, 0.4) is 0 Å². The van der Waals surface area contributed by atoms with Gasteiger partial charge in [-0.3, -0.25) is 9.88 Å². The van der Waals surface area contributed by atoms with E-state index in [9.17, 15) is 14.7 Å². The first-order valence-corrected chi connectivity index (χ1v) is 11.3. The van der Waals surface area contributed by atoms with Crippen molar-refractivity contribution in [2.75, 3.05) is 26.2 Å². The zero-order chi connectivity index (χ0) is 23.0. The number of pyridine rings is 1. The lowest BCUT2D eigenvalue weighted by Gasteiger charge is -2.40. The zero-order valence-corrected chi connectivity index (χ0v) is 19.9. The molecular formula is C24H26BrN3O4. The van der Waals surface area contributed by atoms with Gasteiger partial charge in [-0.05, 0) is 60.0 Å². The van der Waals surface area contributed by atoms with E-state index >= 15 is 0 Å². The van der Waals surface area contributed by atoms with Crippen LogP contribution >= 0.6 is 15.9 Å². The molecule has 1 unspecified atom stereocenters. The third kappa shape index (κ3) is 4.56. The summed E-state index contributed by atoms with van der Waals surface area (Å²) in [7, 11) is 0. The standard InChI is InChI=1S/C24H26BrN3O4/c1-24(2,3)32-23(31)28-10-8-27(9-11-28)21-17-7-5-4-6-15(17)12-19(22(29)30)18-13-16(25)14-26-20(18)21/h4-7,12-14,21H,8-11H2,1-3H3,(H,29,30). The maximum absolute atomic E-state index is 12.5. The number of hydrogen-bond donors (Lipinski definition) is 1. The van der Waals surface area contributed by atoms with E-state index in [2.05, 4.69) is 25.8 Å². The van der Waals surface area contributed by atoms with E-state index in [1.54, 1.807) is 17.2 Å². The second-order valence-electron chi connectivity index (χ2n) is 8.98. The number of amides is 1. The van der Waals surface area contributed by atoms with Crippen molar-refractivity contribution in [2.45, 2.75) is 32.4 Å². The third-order valence-corrected chi connectivity index (χ3v) is 6.02. The average Bonchev–Trinajstić information content (AvgIpc) is 2.87. The summed E-state index contributed by atoms with van der Waals surface area (Å²) in [6.45, 7) is 7.87. The third-order valence-electron chi connectivity index (χ3n) is 5.59. The van der Waals surface area contributed by atoms with Crippen molar-refractivity contribution in [3.05, 3.63) is 63.4 Å².